The van der Waals surface area contributed by atoms with Crippen LogP contribution in [0.5, 0.6) is 0 Å². The number of nitrogens with two attached hydrogens (primary N) is 1. The van der Waals surface area contributed by atoms with Crippen LogP contribution in [-0.4, -0.2) is 0 Å². The van der Waals surface area contributed by atoms with Gasteiger partial charge in [0.05, 0.1) is 0 Å². The third-order valence-corrected chi connectivity index (χ3v) is 3.02. The summed E-state index contributed by atoms with van der Waals surface area (Å²) in [7, 11) is 0. The number of hydrogen-bond donors (Lipinski definition) is 1. The van der Waals surface area contributed by atoms with Crippen LogP contribution >= 0.6 is 11.3 Å². The predicted molar refractivity (Wildman–Crippen MR) is 55.8 cm³/mol. The number of thiophene rings is 1. The third kappa shape index (κ3) is 1.46. The number of halogens is 2. The first-order valence-electron chi connectivity index (χ1n) is 4.13. The minimum atomic E-state index is -2.78. The summed E-state index contributed by atoms with van der Waals surface area (Å²) < 4.78 is 27.0. The van der Waals surface area contributed by atoms with Gasteiger partial charge in [0, 0.05) is 33.6 Å². The van der Waals surface area contributed by atoms with E-state index in [9.17, 15) is 8.78 Å². The molecule has 1 nitrogen and oxygen atoms in total. The Hall–Kier alpha value is -1.16. The molecule has 14 heavy (non-hydrogen) atoms. The van der Waals surface area contributed by atoms with Crippen molar-refractivity contribution in [3.63, 3.8) is 0 Å². The van der Waals surface area contributed by atoms with E-state index in [0.29, 0.717) is 11.1 Å². The summed E-state index contributed by atoms with van der Waals surface area (Å²) in [4.78, 5) is 0. The molecule has 0 aliphatic heterocycles. The number of anilines is 1. The molecule has 4 heteroatoms. The average molecular weight is 213 g/mol. The van der Waals surface area contributed by atoms with Gasteiger partial charge in [-0.25, -0.2) is 8.78 Å². The molecule has 0 radical (unpaired) electrons. The summed E-state index contributed by atoms with van der Waals surface area (Å²) in [5.74, 6) is -2.78. The first-order chi connectivity index (χ1) is 6.48. The fourth-order valence-corrected chi connectivity index (χ4v) is 2.47. The molecule has 0 atom stereocenters. The zero-order chi connectivity index (χ0) is 10.3. The molecule has 0 saturated heterocycles. The maximum atomic E-state index is 13.1. The van der Waals surface area contributed by atoms with Gasteiger partial charge in [-0.05, 0) is 12.1 Å². The number of alkyl halides is 2. The van der Waals surface area contributed by atoms with Gasteiger partial charge in [-0.3, -0.25) is 0 Å². The average Bonchev–Trinajstić information content (AvgIpc) is 2.45. The zero-order valence-electron chi connectivity index (χ0n) is 7.55. The van der Waals surface area contributed by atoms with Crippen molar-refractivity contribution in [2.75, 3.05) is 5.73 Å². The molecule has 74 valence electrons. The smallest absolute Gasteiger partial charge is 0.271 e. The van der Waals surface area contributed by atoms with E-state index >= 15 is 0 Å². The van der Waals surface area contributed by atoms with Gasteiger partial charge >= 0.3 is 0 Å². The van der Waals surface area contributed by atoms with Crippen LogP contribution in [0, 0.1) is 0 Å². The molecule has 1 aromatic carbocycles. The van der Waals surface area contributed by atoms with Crippen molar-refractivity contribution in [2.24, 2.45) is 0 Å². The van der Waals surface area contributed by atoms with Crippen LogP contribution in [0.15, 0.2) is 23.6 Å². The fraction of sp³-hybridized carbons (Fsp3) is 0.200. The summed E-state index contributed by atoms with van der Waals surface area (Å²) >= 11 is 1.29. The molecule has 0 spiro atoms. The van der Waals surface area contributed by atoms with Gasteiger partial charge in [0.25, 0.3) is 5.92 Å². The van der Waals surface area contributed by atoms with Gasteiger partial charge in [-0.2, -0.15) is 0 Å². The largest absolute Gasteiger partial charge is 0.399 e. The van der Waals surface area contributed by atoms with Gasteiger partial charge in [0.2, 0.25) is 0 Å². The van der Waals surface area contributed by atoms with E-state index in [-0.39, 0.29) is 5.56 Å². The van der Waals surface area contributed by atoms with Gasteiger partial charge in [0.15, 0.2) is 0 Å². The van der Waals surface area contributed by atoms with Crippen LogP contribution in [-0.2, 0) is 5.92 Å². The van der Waals surface area contributed by atoms with Gasteiger partial charge in [0.1, 0.15) is 0 Å². The Bertz CT molecular complexity index is 470. The highest BCUT2D eigenvalue weighted by Gasteiger charge is 2.27. The molecular weight excluding hydrogens is 204 g/mol. The first kappa shape index (κ1) is 9.40. The van der Waals surface area contributed by atoms with Gasteiger partial charge in [-0.15, -0.1) is 11.3 Å². The van der Waals surface area contributed by atoms with Crippen LogP contribution in [0.2, 0.25) is 0 Å². The van der Waals surface area contributed by atoms with E-state index in [2.05, 4.69) is 0 Å². The summed E-state index contributed by atoms with van der Waals surface area (Å²) in [6.07, 6.45) is 0. The number of hydrogen-bond acceptors (Lipinski definition) is 2. The molecule has 0 saturated carbocycles. The molecule has 1 heterocycles. The lowest BCUT2D eigenvalue weighted by atomic mass is 10.1. The quantitative estimate of drug-likeness (QED) is 0.720. The lowest BCUT2D eigenvalue weighted by molar-refractivity contribution is 0.0195. The Morgan fingerprint density at radius 3 is 2.71 bits per heavy atom. The van der Waals surface area contributed by atoms with Gasteiger partial charge < -0.3 is 5.73 Å². The number of benzene rings is 1. The second-order valence-electron chi connectivity index (χ2n) is 3.29. The van der Waals surface area contributed by atoms with E-state index in [0.717, 1.165) is 11.6 Å². The summed E-state index contributed by atoms with van der Waals surface area (Å²) in [6, 6.07) is 5.01. The first-order valence-corrected chi connectivity index (χ1v) is 5.01. The highest BCUT2D eigenvalue weighted by atomic mass is 32.1. The molecule has 0 amide bonds. The molecule has 2 aromatic rings. The Morgan fingerprint density at radius 1 is 1.36 bits per heavy atom. The van der Waals surface area contributed by atoms with Crippen molar-refractivity contribution in [1.82, 2.24) is 0 Å². The predicted octanol–water partition coefficient (Wildman–Crippen LogP) is 3.60. The standard InChI is InChI=1S/C10H9F2NS/c1-10(11,12)8-5-14-9-4-6(13)2-3-7(8)9/h2-5H,13H2,1H3. The topological polar surface area (TPSA) is 26.0 Å². The molecule has 0 aliphatic rings. The van der Waals surface area contributed by atoms with Crippen LogP contribution < -0.4 is 5.73 Å². The molecular formula is C10H9F2NS. The maximum absolute atomic E-state index is 13.1. The van der Waals surface area contributed by atoms with E-state index < -0.39 is 5.92 Å². The molecule has 0 fully saturated rings. The van der Waals surface area contributed by atoms with Crippen molar-refractivity contribution in [1.29, 1.82) is 0 Å². The number of rotatable bonds is 1. The Labute approximate surface area is 84.2 Å². The lowest BCUT2D eigenvalue weighted by Crippen LogP contribution is -2.05. The highest BCUT2D eigenvalue weighted by molar-refractivity contribution is 7.17. The summed E-state index contributed by atoms with van der Waals surface area (Å²) in [6.45, 7) is 0.908. The summed E-state index contributed by atoms with van der Waals surface area (Å²) in [5, 5.41) is 2.08. The van der Waals surface area contributed by atoms with Crippen LogP contribution in [0.3, 0.4) is 0 Å². The third-order valence-electron chi connectivity index (χ3n) is 2.07. The Balaban J connectivity index is 2.70. The molecule has 2 rings (SSSR count). The normalized spacial score (nSPS) is 12.2. The van der Waals surface area contributed by atoms with Crippen LogP contribution in [0.1, 0.15) is 12.5 Å². The van der Waals surface area contributed by atoms with Crippen LogP contribution in [0.25, 0.3) is 10.1 Å². The monoisotopic (exact) mass is 213 g/mol. The minimum absolute atomic E-state index is 0.0810. The van der Waals surface area contributed by atoms with E-state index in [4.69, 9.17) is 5.73 Å². The SMILES string of the molecule is CC(F)(F)c1csc2cc(N)ccc12. The summed E-state index contributed by atoms with van der Waals surface area (Å²) in [5.41, 5.74) is 6.24. The Kier molecular flexibility index (Phi) is 1.96. The molecule has 0 aliphatic carbocycles. The van der Waals surface area contributed by atoms with E-state index in [1.165, 1.54) is 16.7 Å². The van der Waals surface area contributed by atoms with Crippen molar-refractivity contribution in [3.8, 4) is 0 Å². The number of fused-ring (bicyclic) bond motifs is 1. The Morgan fingerprint density at radius 2 is 2.07 bits per heavy atom. The maximum Gasteiger partial charge on any atom is 0.271 e. The van der Waals surface area contributed by atoms with Crippen molar-refractivity contribution >= 4 is 27.1 Å². The zero-order valence-corrected chi connectivity index (χ0v) is 8.37. The lowest BCUT2D eigenvalue weighted by Gasteiger charge is -2.08. The minimum Gasteiger partial charge on any atom is -0.399 e. The van der Waals surface area contributed by atoms with Gasteiger partial charge in [-0.1, -0.05) is 6.07 Å². The second-order valence-corrected chi connectivity index (χ2v) is 4.20. The molecule has 0 bridgehead atoms. The van der Waals surface area contributed by atoms with Crippen molar-refractivity contribution in [3.05, 3.63) is 29.1 Å². The van der Waals surface area contributed by atoms with E-state index in [1.807, 2.05) is 0 Å². The van der Waals surface area contributed by atoms with Crippen molar-refractivity contribution < 1.29 is 8.78 Å². The fourth-order valence-electron chi connectivity index (χ4n) is 1.38. The molecule has 1 aromatic heterocycles. The second kappa shape index (κ2) is 2.92. The van der Waals surface area contributed by atoms with Crippen molar-refractivity contribution in [2.45, 2.75) is 12.8 Å². The number of nitrogen functional groups attached to an aromatic ring is 1. The highest BCUT2D eigenvalue weighted by Crippen LogP contribution is 2.37. The molecule has 2 N–H and O–H groups in total. The van der Waals surface area contributed by atoms with E-state index in [1.54, 1.807) is 18.2 Å². The molecule has 0 unspecified atom stereocenters. The van der Waals surface area contributed by atoms with Crippen LogP contribution in [0.4, 0.5) is 14.5 Å².